The first-order valence-electron chi connectivity index (χ1n) is 4.69. The summed E-state index contributed by atoms with van der Waals surface area (Å²) in [5, 5.41) is 9.37. The van der Waals surface area contributed by atoms with E-state index in [1.54, 1.807) is 0 Å². The highest BCUT2D eigenvalue weighted by Crippen LogP contribution is 2.25. The molecule has 0 unspecified atom stereocenters. The largest absolute Gasteiger partial charge is 0.455 e. The molecule has 0 aromatic heterocycles. The highest BCUT2D eigenvalue weighted by Gasteiger charge is 2.48. The molecule has 6 nitrogen and oxygen atoms in total. The number of aliphatic hydroxyl groups is 1. The second-order valence-corrected chi connectivity index (χ2v) is 3.37. The van der Waals surface area contributed by atoms with Crippen LogP contribution in [0.5, 0.6) is 0 Å². The molecule has 0 aromatic carbocycles. The second-order valence-electron chi connectivity index (χ2n) is 3.37. The minimum Gasteiger partial charge on any atom is -0.455 e. The Labute approximate surface area is 91.3 Å². The van der Waals surface area contributed by atoms with Crippen LogP contribution in [0, 0.1) is 0 Å². The zero-order chi connectivity index (χ0) is 12.3. The van der Waals surface area contributed by atoms with Crippen molar-refractivity contribution < 1.29 is 33.3 Å². The summed E-state index contributed by atoms with van der Waals surface area (Å²) < 4.78 is 26.7. The molecule has 0 spiro atoms. The van der Waals surface area contributed by atoms with Crippen molar-refractivity contribution in [2.45, 2.75) is 38.4 Å². The lowest BCUT2D eigenvalue weighted by Gasteiger charge is -2.20. The van der Waals surface area contributed by atoms with Gasteiger partial charge in [-0.15, -0.1) is 0 Å². The Hall–Kier alpha value is -1.21. The van der Waals surface area contributed by atoms with Gasteiger partial charge in [0, 0.05) is 13.8 Å². The maximum atomic E-state index is 12.5. The van der Waals surface area contributed by atoms with E-state index < -0.39 is 43.2 Å². The molecule has 1 heterocycles. The number of carbonyl (C=O) groups excluding carboxylic acids is 2. The van der Waals surface area contributed by atoms with Gasteiger partial charge in [0.05, 0.1) is 0 Å². The van der Waals surface area contributed by atoms with E-state index in [2.05, 4.69) is 0 Å². The van der Waals surface area contributed by atoms with Gasteiger partial charge < -0.3 is 19.3 Å². The van der Waals surface area contributed by atoms with E-state index in [0.717, 1.165) is 13.8 Å². The summed E-state index contributed by atoms with van der Waals surface area (Å²) in [7, 11) is 0. The van der Waals surface area contributed by atoms with Crippen molar-refractivity contribution in [3.8, 4) is 0 Å². The van der Waals surface area contributed by atoms with Gasteiger partial charge in [0.2, 0.25) is 0 Å². The number of ether oxygens (including phenoxy) is 3. The fraction of sp³-hybridized carbons (Fsp3) is 0.778. The molecule has 1 aliphatic heterocycles. The highest BCUT2D eigenvalue weighted by molar-refractivity contribution is 5.67. The number of halogens is 1. The Morgan fingerprint density at radius 1 is 1.25 bits per heavy atom. The van der Waals surface area contributed by atoms with Crippen LogP contribution in [0.3, 0.4) is 0 Å². The highest BCUT2D eigenvalue weighted by atomic mass is 19.1. The molecule has 0 bridgehead atoms. The monoisotopic (exact) mass is 236 g/mol. The van der Waals surface area contributed by atoms with Gasteiger partial charge in [0.25, 0.3) is 0 Å². The fourth-order valence-electron chi connectivity index (χ4n) is 1.48. The maximum Gasteiger partial charge on any atom is 0.303 e. The normalized spacial score (nSPS) is 33.5. The minimum atomic E-state index is -1.49. The molecule has 4 atom stereocenters. The molecular formula is C9H13FO6. The van der Waals surface area contributed by atoms with E-state index in [1.807, 2.05) is 0 Å². The molecule has 0 amide bonds. The first kappa shape index (κ1) is 12.9. The van der Waals surface area contributed by atoms with Crippen molar-refractivity contribution in [2.24, 2.45) is 0 Å². The number of hydrogen-bond acceptors (Lipinski definition) is 6. The Bertz CT molecular complexity index is 281. The van der Waals surface area contributed by atoms with Crippen LogP contribution in [-0.4, -0.2) is 48.3 Å². The van der Waals surface area contributed by atoms with Gasteiger partial charge in [0.15, 0.2) is 18.5 Å². The molecule has 0 radical (unpaired) electrons. The third-order valence-electron chi connectivity index (χ3n) is 2.04. The van der Waals surface area contributed by atoms with Gasteiger partial charge in [-0.3, -0.25) is 9.59 Å². The summed E-state index contributed by atoms with van der Waals surface area (Å²) in [4.78, 5) is 21.5. The number of rotatable bonds is 3. The molecule has 7 heteroatoms. The van der Waals surface area contributed by atoms with Gasteiger partial charge >= 0.3 is 11.9 Å². The lowest BCUT2D eigenvalue weighted by Crippen LogP contribution is -2.40. The van der Waals surface area contributed by atoms with Crippen LogP contribution in [-0.2, 0) is 23.8 Å². The summed E-state index contributed by atoms with van der Waals surface area (Å²) in [6.45, 7) is 1.30. The summed E-state index contributed by atoms with van der Waals surface area (Å²) >= 11 is 0. The maximum absolute atomic E-state index is 12.5. The standard InChI is InChI=1S/C9H13FO6/c1-4(11)14-7-6(3-10)16-9(13)8(7)15-5(2)12/h6-9,13H,3H2,1-2H3/t6-,7-,8-,9+/m1/s1. The molecule has 1 saturated heterocycles. The van der Waals surface area contributed by atoms with Crippen molar-refractivity contribution in [2.75, 3.05) is 6.67 Å². The molecular weight excluding hydrogens is 223 g/mol. The zero-order valence-corrected chi connectivity index (χ0v) is 8.88. The van der Waals surface area contributed by atoms with Crippen LogP contribution in [0.15, 0.2) is 0 Å². The number of aliphatic hydroxyl groups excluding tert-OH is 1. The smallest absolute Gasteiger partial charge is 0.303 e. The van der Waals surface area contributed by atoms with E-state index in [9.17, 15) is 19.1 Å². The molecule has 0 aliphatic carbocycles. The van der Waals surface area contributed by atoms with Crippen molar-refractivity contribution in [3.05, 3.63) is 0 Å². The van der Waals surface area contributed by atoms with Gasteiger partial charge in [-0.1, -0.05) is 0 Å². The van der Waals surface area contributed by atoms with E-state index in [0.29, 0.717) is 0 Å². The predicted molar refractivity (Wildman–Crippen MR) is 48.0 cm³/mol. The Morgan fingerprint density at radius 2 is 1.75 bits per heavy atom. The van der Waals surface area contributed by atoms with Crippen molar-refractivity contribution in [3.63, 3.8) is 0 Å². The molecule has 92 valence electrons. The topological polar surface area (TPSA) is 82.1 Å². The third-order valence-corrected chi connectivity index (χ3v) is 2.04. The number of alkyl halides is 1. The number of hydrogen-bond donors (Lipinski definition) is 1. The minimum absolute atomic E-state index is 0.668. The molecule has 1 fully saturated rings. The Kier molecular flexibility index (Phi) is 4.19. The predicted octanol–water partition coefficient (Wildman–Crippen LogP) is -0.464. The first-order chi connectivity index (χ1) is 7.45. The van der Waals surface area contributed by atoms with Crippen LogP contribution in [0.2, 0.25) is 0 Å². The summed E-state index contributed by atoms with van der Waals surface area (Å²) in [6.07, 6.45) is -4.93. The van der Waals surface area contributed by atoms with E-state index in [4.69, 9.17) is 14.2 Å². The van der Waals surface area contributed by atoms with Crippen LogP contribution < -0.4 is 0 Å². The van der Waals surface area contributed by atoms with Crippen molar-refractivity contribution in [1.82, 2.24) is 0 Å². The van der Waals surface area contributed by atoms with Crippen LogP contribution >= 0.6 is 0 Å². The second kappa shape index (κ2) is 5.22. The Balaban J connectivity index is 2.76. The van der Waals surface area contributed by atoms with Crippen LogP contribution in [0.4, 0.5) is 4.39 Å². The Morgan fingerprint density at radius 3 is 2.19 bits per heavy atom. The first-order valence-corrected chi connectivity index (χ1v) is 4.69. The van der Waals surface area contributed by atoms with Crippen LogP contribution in [0.1, 0.15) is 13.8 Å². The molecule has 1 rings (SSSR count). The van der Waals surface area contributed by atoms with Gasteiger partial charge in [0.1, 0.15) is 12.8 Å². The molecule has 1 aliphatic rings. The quantitative estimate of drug-likeness (QED) is 0.667. The van der Waals surface area contributed by atoms with Crippen LogP contribution in [0.25, 0.3) is 0 Å². The lowest BCUT2D eigenvalue weighted by atomic mass is 10.1. The average molecular weight is 236 g/mol. The fourth-order valence-corrected chi connectivity index (χ4v) is 1.48. The molecule has 16 heavy (non-hydrogen) atoms. The summed E-state index contributed by atoms with van der Waals surface area (Å²) in [6, 6.07) is 0. The van der Waals surface area contributed by atoms with Crippen molar-refractivity contribution in [1.29, 1.82) is 0 Å². The summed E-state index contributed by atoms with van der Waals surface area (Å²) in [5.41, 5.74) is 0. The van der Waals surface area contributed by atoms with Gasteiger partial charge in [-0.25, -0.2) is 4.39 Å². The SMILES string of the molecule is CC(=O)O[C@@H]1[C@H](OC(C)=O)[C@@H](CF)O[C@@H]1O. The van der Waals surface area contributed by atoms with Gasteiger partial charge in [-0.2, -0.15) is 0 Å². The molecule has 0 aromatic rings. The number of esters is 2. The molecule has 0 saturated carbocycles. The number of carbonyl (C=O) groups is 2. The lowest BCUT2D eigenvalue weighted by molar-refractivity contribution is -0.174. The summed E-state index contributed by atoms with van der Waals surface area (Å²) in [5.74, 6) is -1.34. The third kappa shape index (κ3) is 2.89. The molecule has 1 N–H and O–H groups in total. The zero-order valence-electron chi connectivity index (χ0n) is 8.88. The van der Waals surface area contributed by atoms with E-state index in [-0.39, 0.29) is 0 Å². The van der Waals surface area contributed by atoms with E-state index >= 15 is 0 Å². The van der Waals surface area contributed by atoms with E-state index in [1.165, 1.54) is 0 Å². The van der Waals surface area contributed by atoms with Crippen molar-refractivity contribution >= 4 is 11.9 Å². The van der Waals surface area contributed by atoms with Gasteiger partial charge in [-0.05, 0) is 0 Å². The average Bonchev–Trinajstić information content (AvgIpc) is 2.44.